The van der Waals surface area contributed by atoms with Crippen molar-refractivity contribution >= 4 is 34.0 Å². The molecule has 0 spiro atoms. The Bertz CT molecular complexity index is 2210. The minimum atomic E-state index is 1.13. The molecular weight excluding hydrogens is 532 g/mol. The lowest BCUT2D eigenvalue weighted by atomic mass is 9.86. The largest absolute Gasteiger partial charge is 0.310 e. The van der Waals surface area contributed by atoms with E-state index in [1.165, 1.54) is 66.8 Å². The van der Waals surface area contributed by atoms with Crippen LogP contribution in [0, 0.1) is 0 Å². The van der Waals surface area contributed by atoms with Crippen LogP contribution in [-0.2, 0) is 12.8 Å². The molecular formula is C42H34N2. The van der Waals surface area contributed by atoms with Crippen LogP contribution in [0.4, 0.5) is 0 Å². The smallest absolute Gasteiger partial charge is 0.0547 e. The van der Waals surface area contributed by atoms with Crippen LogP contribution in [0.5, 0.6) is 0 Å². The Morgan fingerprint density at radius 2 is 1.30 bits per heavy atom. The predicted octanol–water partition coefficient (Wildman–Crippen LogP) is 10.8. The third kappa shape index (κ3) is 4.02. The number of nitrogens with zero attached hydrogens (tertiary/aromatic N) is 2. The zero-order valence-electron chi connectivity index (χ0n) is 24.8. The van der Waals surface area contributed by atoms with Gasteiger partial charge in [-0.2, -0.15) is 0 Å². The standard InChI is InChI=1S/C42H34N2/c1-3-12-29(13-4-1)31-22-24-37-35-18-7-9-20-39(35)43(41(37)26-31)33-16-11-17-34(28-33)44-40-21-10-8-19-36(40)38-25-23-32(27-42(38)44)30-14-5-2-6-15-30/h1-5,7,9-14,16-18,20-22,24,26-28H,6,8,15,19,23,25H2. The van der Waals surface area contributed by atoms with E-state index in [2.05, 4.69) is 143 Å². The fourth-order valence-corrected chi connectivity index (χ4v) is 7.74. The maximum Gasteiger partial charge on any atom is 0.0547 e. The molecule has 0 amide bonds. The van der Waals surface area contributed by atoms with Crippen LogP contribution in [0.15, 0.2) is 133 Å². The lowest BCUT2D eigenvalue weighted by Crippen LogP contribution is -2.06. The lowest BCUT2D eigenvalue weighted by Gasteiger charge is -2.20. The maximum absolute atomic E-state index is 2.55. The summed E-state index contributed by atoms with van der Waals surface area (Å²) in [4.78, 5) is 0. The van der Waals surface area contributed by atoms with Crippen molar-refractivity contribution in [1.29, 1.82) is 0 Å². The SMILES string of the molecule is C1=CCCC(C2=Cc3c(c4c(n3-c3cccc(-n5c6ccccc6c6ccc(-c7ccccc7)cc65)c3)C=CCC4)CC2)=C1. The first-order chi connectivity index (χ1) is 21.8. The van der Waals surface area contributed by atoms with Gasteiger partial charge in [0.2, 0.25) is 0 Å². The number of fused-ring (bicyclic) bond motifs is 6. The number of rotatable bonds is 4. The van der Waals surface area contributed by atoms with Crippen LogP contribution in [0.25, 0.3) is 56.5 Å². The molecule has 0 saturated heterocycles. The van der Waals surface area contributed by atoms with Crippen LogP contribution in [0.2, 0.25) is 0 Å². The summed E-state index contributed by atoms with van der Waals surface area (Å²) in [7, 11) is 0. The molecule has 0 saturated carbocycles. The summed E-state index contributed by atoms with van der Waals surface area (Å²) >= 11 is 0. The highest BCUT2D eigenvalue weighted by atomic mass is 15.0. The molecule has 9 rings (SSSR count). The molecule has 3 aliphatic carbocycles. The molecule has 2 aromatic heterocycles. The van der Waals surface area contributed by atoms with Crippen molar-refractivity contribution in [2.75, 3.05) is 0 Å². The first-order valence-corrected chi connectivity index (χ1v) is 16.0. The molecule has 3 aliphatic rings. The molecule has 2 nitrogen and oxygen atoms in total. The van der Waals surface area contributed by atoms with Gasteiger partial charge in [0, 0.05) is 33.5 Å². The van der Waals surface area contributed by atoms with Gasteiger partial charge in [-0.3, -0.25) is 0 Å². The van der Waals surface area contributed by atoms with Crippen LogP contribution < -0.4 is 0 Å². The van der Waals surface area contributed by atoms with Crippen molar-refractivity contribution in [3.05, 3.63) is 155 Å². The van der Waals surface area contributed by atoms with Crippen molar-refractivity contribution in [2.45, 2.75) is 38.5 Å². The van der Waals surface area contributed by atoms with Gasteiger partial charge in [0.05, 0.1) is 11.0 Å². The summed E-state index contributed by atoms with van der Waals surface area (Å²) in [5, 5.41) is 2.57. The third-order valence-corrected chi connectivity index (χ3v) is 9.81. The van der Waals surface area contributed by atoms with Crippen LogP contribution in [-0.4, -0.2) is 9.13 Å². The molecule has 0 aliphatic heterocycles. The Hall–Kier alpha value is -5.08. The highest BCUT2D eigenvalue weighted by Gasteiger charge is 2.26. The third-order valence-electron chi connectivity index (χ3n) is 9.81. The van der Waals surface area contributed by atoms with Gasteiger partial charge in [0.25, 0.3) is 0 Å². The highest BCUT2D eigenvalue weighted by molar-refractivity contribution is 6.10. The summed E-state index contributed by atoms with van der Waals surface area (Å²) in [6.07, 6.45) is 20.9. The van der Waals surface area contributed by atoms with E-state index < -0.39 is 0 Å². The van der Waals surface area contributed by atoms with Gasteiger partial charge in [0.1, 0.15) is 0 Å². The van der Waals surface area contributed by atoms with E-state index in [0.717, 1.165) is 38.5 Å². The second kappa shape index (κ2) is 10.3. The Kier molecular flexibility index (Phi) is 5.94. The topological polar surface area (TPSA) is 9.86 Å². The molecule has 4 aromatic carbocycles. The molecule has 212 valence electrons. The van der Waals surface area contributed by atoms with E-state index in [-0.39, 0.29) is 0 Å². The minimum Gasteiger partial charge on any atom is -0.310 e. The quantitative estimate of drug-likeness (QED) is 0.201. The molecule has 0 unspecified atom stereocenters. The van der Waals surface area contributed by atoms with Crippen molar-refractivity contribution in [2.24, 2.45) is 0 Å². The van der Waals surface area contributed by atoms with E-state index in [9.17, 15) is 0 Å². The average Bonchev–Trinajstić information content (AvgIpc) is 3.61. The molecule has 6 aromatic rings. The summed E-state index contributed by atoms with van der Waals surface area (Å²) in [6.45, 7) is 0. The van der Waals surface area contributed by atoms with Gasteiger partial charge in [-0.1, -0.05) is 91.0 Å². The van der Waals surface area contributed by atoms with Crippen LogP contribution in [0.3, 0.4) is 0 Å². The van der Waals surface area contributed by atoms with Gasteiger partial charge in [0.15, 0.2) is 0 Å². The zero-order valence-corrected chi connectivity index (χ0v) is 24.8. The number of hydrogen-bond acceptors (Lipinski definition) is 0. The maximum atomic E-state index is 2.55. The predicted molar refractivity (Wildman–Crippen MR) is 186 cm³/mol. The molecule has 0 radical (unpaired) electrons. The van der Waals surface area contributed by atoms with Crippen molar-refractivity contribution in [1.82, 2.24) is 9.13 Å². The molecule has 0 fully saturated rings. The zero-order chi connectivity index (χ0) is 29.0. The molecule has 44 heavy (non-hydrogen) atoms. The summed E-state index contributed by atoms with van der Waals surface area (Å²) in [5.41, 5.74) is 16.2. The highest BCUT2D eigenvalue weighted by Crippen LogP contribution is 2.41. The number of aromatic nitrogens is 2. The van der Waals surface area contributed by atoms with Crippen molar-refractivity contribution < 1.29 is 0 Å². The summed E-state index contributed by atoms with van der Waals surface area (Å²) in [6, 6.07) is 35.6. The van der Waals surface area contributed by atoms with Crippen LogP contribution in [0.1, 0.15) is 48.2 Å². The number of allylic oxidation sites excluding steroid dienone is 6. The normalized spacial score (nSPS) is 15.7. The van der Waals surface area contributed by atoms with E-state index in [0.29, 0.717) is 0 Å². The second-order valence-corrected chi connectivity index (χ2v) is 12.3. The summed E-state index contributed by atoms with van der Waals surface area (Å²) in [5.74, 6) is 0. The van der Waals surface area contributed by atoms with E-state index >= 15 is 0 Å². The minimum absolute atomic E-state index is 1.13. The molecule has 2 heteroatoms. The van der Waals surface area contributed by atoms with Crippen LogP contribution >= 0.6 is 0 Å². The molecule has 2 heterocycles. The van der Waals surface area contributed by atoms with Crippen molar-refractivity contribution in [3.63, 3.8) is 0 Å². The van der Waals surface area contributed by atoms with Gasteiger partial charge in [-0.05, 0) is 114 Å². The monoisotopic (exact) mass is 566 g/mol. The Morgan fingerprint density at radius 3 is 2.18 bits per heavy atom. The second-order valence-electron chi connectivity index (χ2n) is 12.3. The average molecular weight is 567 g/mol. The number of hydrogen-bond donors (Lipinski definition) is 0. The fraction of sp³-hybridized carbons (Fsp3) is 0.143. The van der Waals surface area contributed by atoms with Gasteiger partial charge in [-0.15, -0.1) is 0 Å². The van der Waals surface area contributed by atoms with E-state index in [4.69, 9.17) is 0 Å². The van der Waals surface area contributed by atoms with E-state index in [1.807, 2.05) is 0 Å². The fourth-order valence-electron chi connectivity index (χ4n) is 7.74. The molecule has 0 atom stereocenters. The van der Waals surface area contributed by atoms with Gasteiger partial charge in [-0.25, -0.2) is 0 Å². The Morgan fingerprint density at radius 1 is 0.500 bits per heavy atom. The Labute approximate surface area is 258 Å². The van der Waals surface area contributed by atoms with Gasteiger partial charge >= 0.3 is 0 Å². The van der Waals surface area contributed by atoms with E-state index in [1.54, 1.807) is 11.1 Å². The lowest BCUT2D eigenvalue weighted by molar-refractivity contribution is 0.864. The first kappa shape index (κ1) is 25.4. The molecule has 0 N–H and O–H groups in total. The molecule has 0 bridgehead atoms. The van der Waals surface area contributed by atoms with Gasteiger partial charge < -0.3 is 9.13 Å². The number of benzene rings is 4. The first-order valence-electron chi connectivity index (χ1n) is 16.0. The summed E-state index contributed by atoms with van der Waals surface area (Å²) < 4.78 is 5.00. The van der Waals surface area contributed by atoms with Crippen molar-refractivity contribution in [3.8, 4) is 22.5 Å². The Balaban J connectivity index is 1.25. The number of para-hydroxylation sites is 1.